The van der Waals surface area contributed by atoms with Gasteiger partial charge >= 0.3 is 0 Å². The topological polar surface area (TPSA) is 58.6 Å². The molecular formula is C18H26N2O3. The average Bonchev–Trinajstić information content (AvgIpc) is 2.67. The lowest BCUT2D eigenvalue weighted by Gasteiger charge is -2.16. The molecule has 1 N–H and O–H groups in total. The Hall–Kier alpha value is -2.04. The number of benzene rings is 1. The molecule has 0 saturated heterocycles. The fraction of sp³-hybridized carbons (Fsp3) is 0.556. The number of rotatable bonds is 6. The molecule has 0 fully saturated rings. The zero-order valence-corrected chi connectivity index (χ0v) is 14.2. The van der Waals surface area contributed by atoms with Crippen molar-refractivity contribution in [2.24, 2.45) is 5.92 Å². The van der Waals surface area contributed by atoms with Crippen LogP contribution >= 0.6 is 0 Å². The van der Waals surface area contributed by atoms with Crippen molar-refractivity contribution >= 4 is 17.5 Å². The fourth-order valence-electron chi connectivity index (χ4n) is 2.85. The molecule has 23 heavy (non-hydrogen) atoms. The molecule has 1 aromatic carbocycles. The average molecular weight is 318 g/mol. The number of fused-ring (bicyclic) bond motifs is 1. The minimum atomic E-state index is -0.0766. The van der Waals surface area contributed by atoms with E-state index >= 15 is 0 Å². The summed E-state index contributed by atoms with van der Waals surface area (Å²) in [5.74, 6) is 0.561. The van der Waals surface area contributed by atoms with Crippen LogP contribution in [-0.4, -0.2) is 36.9 Å². The molecule has 126 valence electrons. The van der Waals surface area contributed by atoms with Crippen LogP contribution in [0.15, 0.2) is 18.2 Å². The molecule has 0 radical (unpaired) electrons. The van der Waals surface area contributed by atoms with Gasteiger partial charge in [0.2, 0.25) is 5.91 Å². The van der Waals surface area contributed by atoms with Gasteiger partial charge in [-0.1, -0.05) is 26.7 Å². The summed E-state index contributed by atoms with van der Waals surface area (Å²) >= 11 is 0. The van der Waals surface area contributed by atoms with E-state index in [1.807, 2.05) is 0 Å². The summed E-state index contributed by atoms with van der Waals surface area (Å²) in [6, 6.07) is 5.27. The molecule has 0 aliphatic carbocycles. The van der Waals surface area contributed by atoms with E-state index in [9.17, 15) is 9.59 Å². The summed E-state index contributed by atoms with van der Waals surface area (Å²) in [6.45, 7) is 5.22. The maximum absolute atomic E-state index is 12.4. The van der Waals surface area contributed by atoms with Gasteiger partial charge in [-0.2, -0.15) is 0 Å². The summed E-state index contributed by atoms with van der Waals surface area (Å²) in [6.07, 6.45) is 3.74. The van der Waals surface area contributed by atoms with Gasteiger partial charge in [-0.3, -0.25) is 9.59 Å². The maximum Gasteiger partial charge on any atom is 0.257 e. The molecule has 0 atom stereocenters. The monoisotopic (exact) mass is 318 g/mol. The van der Waals surface area contributed by atoms with Crippen LogP contribution in [0, 0.1) is 5.92 Å². The number of carbonyl (C=O) groups excluding carboxylic acids is 2. The molecule has 0 spiro atoms. The molecule has 0 aromatic heterocycles. The van der Waals surface area contributed by atoms with E-state index in [0.29, 0.717) is 30.2 Å². The molecule has 0 bridgehead atoms. The summed E-state index contributed by atoms with van der Waals surface area (Å²) in [4.78, 5) is 26.4. The zero-order valence-electron chi connectivity index (χ0n) is 14.2. The van der Waals surface area contributed by atoms with Crippen molar-refractivity contribution in [2.45, 2.75) is 39.5 Å². The highest BCUT2D eigenvalue weighted by molar-refractivity contribution is 6.00. The van der Waals surface area contributed by atoms with Crippen molar-refractivity contribution in [3.05, 3.63) is 23.8 Å². The first-order valence-corrected chi connectivity index (χ1v) is 8.40. The standard InChI is InChI=1S/C18H26N2O3/c1-4-6-13(7-5-2)17(21)19-14-8-9-16-15(12-14)18(22)20(3)10-11-23-16/h8-9,12-13H,4-7,10-11H2,1-3H3,(H,19,21). The molecule has 0 saturated carbocycles. The minimum Gasteiger partial charge on any atom is -0.491 e. The van der Waals surface area contributed by atoms with E-state index < -0.39 is 0 Å². The van der Waals surface area contributed by atoms with Gasteiger partial charge in [-0.15, -0.1) is 0 Å². The second kappa shape index (κ2) is 7.99. The second-order valence-corrected chi connectivity index (χ2v) is 6.05. The van der Waals surface area contributed by atoms with Gasteiger partial charge in [0.05, 0.1) is 12.1 Å². The van der Waals surface area contributed by atoms with Crippen LogP contribution in [0.25, 0.3) is 0 Å². The van der Waals surface area contributed by atoms with E-state index in [1.165, 1.54) is 0 Å². The molecule has 5 heteroatoms. The zero-order chi connectivity index (χ0) is 16.8. The van der Waals surface area contributed by atoms with Crippen LogP contribution in [0.1, 0.15) is 49.9 Å². The van der Waals surface area contributed by atoms with Gasteiger partial charge in [0.15, 0.2) is 0 Å². The van der Waals surface area contributed by atoms with E-state index in [4.69, 9.17) is 4.74 Å². The lowest BCUT2D eigenvalue weighted by atomic mass is 9.97. The number of ether oxygens (including phenoxy) is 1. The molecule has 2 rings (SSSR count). The first kappa shape index (κ1) is 17.3. The van der Waals surface area contributed by atoms with Gasteiger partial charge < -0.3 is 15.0 Å². The first-order chi connectivity index (χ1) is 11.1. The van der Waals surface area contributed by atoms with E-state index in [-0.39, 0.29) is 17.7 Å². The molecular weight excluding hydrogens is 292 g/mol. The summed E-state index contributed by atoms with van der Waals surface area (Å²) in [5.41, 5.74) is 1.16. The number of hydrogen-bond donors (Lipinski definition) is 1. The Bertz CT molecular complexity index is 565. The number of hydrogen-bond acceptors (Lipinski definition) is 3. The lowest BCUT2D eigenvalue weighted by molar-refractivity contribution is -0.120. The van der Waals surface area contributed by atoms with Crippen LogP contribution < -0.4 is 10.1 Å². The number of likely N-dealkylation sites (N-methyl/N-ethyl adjacent to an activating group) is 1. The molecule has 1 aromatic rings. The molecule has 0 unspecified atom stereocenters. The van der Waals surface area contributed by atoms with E-state index in [1.54, 1.807) is 30.1 Å². The number of amides is 2. The molecule has 5 nitrogen and oxygen atoms in total. The van der Waals surface area contributed by atoms with E-state index in [0.717, 1.165) is 25.7 Å². The number of carbonyl (C=O) groups is 2. The van der Waals surface area contributed by atoms with Gasteiger partial charge in [-0.05, 0) is 31.0 Å². The predicted molar refractivity (Wildman–Crippen MR) is 90.8 cm³/mol. The van der Waals surface area contributed by atoms with Crippen LogP contribution in [0.2, 0.25) is 0 Å². The second-order valence-electron chi connectivity index (χ2n) is 6.05. The van der Waals surface area contributed by atoms with Crippen LogP contribution in [0.4, 0.5) is 5.69 Å². The summed E-state index contributed by atoms with van der Waals surface area (Å²) in [5, 5.41) is 2.95. The molecule has 1 aliphatic heterocycles. The Morgan fingerprint density at radius 2 is 2.00 bits per heavy atom. The third kappa shape index (κ3) is 4.24. The maximum atomic E-state index is 12.4. The van der Waals surface area contributed by atoms with Crippen molar-refractivity contribution in [1.82, 2.24) is 4.90 Å². The number of anilines is 1. The highest BCUT2D eigenvalue weighted by Gasteiger charge is 2.22. The predicted octanol–water partition coefficient (Wildman–Crippen LogP) is 3.31. The SMILES string of the molecule is CCCC(CCC)C(=O)Nc1ccc2c(c1)C(=O)N(C)CCO2. The van der Waals surface area contributed by atoms with Crippen molar-refractivity contribution in [1.29, 1.82) is 0 Å². The van der Waals surface area contributed by atoms with Gasteiger partial charge in [0.25, 0.3) is 5.91 Å². The highest BCUT2D eigenvalue weighted by atomic mass is 16.5. The van der Waals surface area contributed by atoms with Crippen LogP contribution in [0.5, 0.6) is 5.75 Å². The first-order valence-electron chi connectivity index (χ1n) is 8.40. The van der Waals surface area contributed by atoms with Gasteiger partial charge in [-0.25, -0.2) is 0 Å². The van der Waals surface area contributed by atoms with Crippen molar-refractivity contribution in [3.8, 4) is 5.75 Å². The lowest BCUT2D eigenvalue weighted by Crippen LogP contribution is -2.28. The summed E-state index contributed by atoms with van der Waals surface area (Å²) in [7, 11) is 1.75. The van der Waals surface area contributed by atoms with Crippen molar-refractivity contribution < 1.29 is 14.3 Å². The fourth-order valence-corrected chi connectivity index (χ4v) is 2.85. The normalized spacial score (nSPS) is 14.3. The number of nitrogens with one attached hydrogen (secondary N) is 1. The smallest absolute Gasteiger partial charge is 0.257 e. The third-order valence-electron chi connectivity index (χ3n) is 4.15. The van der Waals surface area contributed by atoms with Crippen molar-refractivity contribution in [3.63, 3.8) is 0 Å². The minimum absolute atomic E-state index is 0.0263. The molecule has 2 amide bonds. The third-order valence-corrected chi connectivity index (χ3v) is 4.15. The van der Waals surface area contributed by atoms with Crippen LogP contribution in [0.3, 0.4) is 0 Å². The van der Waals surface area contributed by atoms with Gasteiger partial charge in [0, 0.05) is 18.7 Å². The quantitative estimate of drug-likeness (QED) is 0.875. The number of nitrogens with zero attached hydrogens (tertiary/aromatic N) is 1. The molecule has 1 aliphatic rings. The van der Waals surface area contributed by atoms with Crippen LogP contribution in [-0.2, 0) is 4.79 Å². The molecule has 1 heterocycles. The highest BCUT2D eigenvalue weighted by Crippen LogP contribution is 2.27. The van der Waals surface area contributed by atoms with E-state index in [2.05, 4.69) is 19.2 Å². The Morgan fingerprint density at radius 3 is 2.65 bits per heavy atom. The summed E-state index contributed by atoms with van der Waals surface area (Å²) < 4.78 is 5.60. The Labute approximate surface area is 138 Å². The Kier molecular flexibility index (Phi) is 6.02. The Balaban J connectivity index is 2.16. The largest absolute Gasteiger partial charge is 0.491 e. The van der Waals surface area contributed by atoms with Crippen molar-refractivity contribution in [2.75, 3.05) is 25.5 Å². The Morgan fingerprint density at radius 1 is 1.30 bits per heavy atom. The van der Waals surface area contributed by atoms with Gasteiger partial charge in [0.1, 0.15) is 12.4 Å².